The number of aliphatic hydroxyl groups is 1. The third-order valence-electron chi connectivity index (χ3n) is 7.05. The molecule has 1 N–H and O–H groups in total. The van der Waals surface area contributed by atoms with E-state index >= 15 is 0 Å². The molecule has 7 heteroatoms. The summed E-state index contributed by atoms with van der Waals surface area (Å²) >= 11 is 6.41. The van der Waals surface area contributed by atoms with Gasteiger partial charge in [0.25, 0.3) is 11.7 Å². The molecule has 1 heterocycles. The van der Waals surface area contributed by atoms with Gasteiger partial charge in [-0.15, -0.1) is 0 Å². The van der Waals surface area contributed by atoms with Crippen molar-refractivity contribution in [2.45, 2.75) is 40.2 Å². The molecule has 3 aromatic carbocycles. The smallest absolute Gasteiger partial charge is 0.300 e. The van der Waals surface area contributed by atoms with Gasteiger partial charge in [0.2, 0.25) is 0 Å². The summed E-state index contributed by atoms with van der Waals surface area (Å²) in [6.07, 6.45) is 0.850. The van der Waals surface area contributed by atoms with Crippen molar-refractivity contribution in [2.75, 3.05) is 30.0 Å². The number of methoxy groups -OCH3 is 1. The van der Waals surface area contributed by atoms with E-state index in [4.69, 9.17) is 16.3 Å². The summed E-state index contributed by atoms with van der Waals surface area (Å²) in [6.45, 7) is 9.77. The number of rotatable bonds is 8. The first kappa shape index (κ1) is 27.3. The zero-order valence-electron chi connectivity index (χ0n) is 22.4. The minimum absolute atomic E-state index is 0.00914. The summed E-state index contributed by atoms with van der Waals surface area (Å²) in [4.78, 5) is 30.7. The predicted octanol–water partition coefficient (Wildman–Crippen LogP) is 6.69. The molecule has 1 unspecified atom stereocenters. The summed E-state index contributed by atoms with van der Waals surface area (Å²) < 4.78 is 5.48. The topological polar surface area (TPSA) is 70.1 Å². The SMILES string of the molecule is CCc1ccc(N2C(=O)C(=O)/C(=C(/O)c3cc(C)cc(Cl)c3OC)C2c2ccc(N(CC)CC)cc2)cc1. The van der Waals surface area contributed by atoms with Crippen LogP contribution in [-0.2, 0) is 16.0 Å². The second kappa shape index (κ2) is 11.3. The number of amides is 1. The third kappa shape index (κ3) is 4.88. The molecule has 0 radical (unpaired) electrons. The number of halogens is 1. The number of aliphatic hydroxyl groups excluding tert-OH is 1. The standard InChI is InChI=1S/C31H33ClN2O4/c1-6-20-9-13-23(14-10-20)34-27(21-11-15-22(16-12-21)33(7-2)8-3)26(29(36)31(34)37)28(35)24-17-19(4)18-25(32)30(24)38-5/h9-18,27,35H,6-8H2,1-5H3/b28-26+. The molecule has 1 aliphatic rings. The largest absolute Gasteiger partial charge is 0.507 e. The number of nitrogens with zero attached hydrogens (tertiary/aromatic N) is 2. The van der Waals surface area contributed by atoms with Crippen molar-refractivity contribution < 1.29 is 19.4 Å². The van der Waals surface area contributed by atoms with Gasteiger partial charge in [0.1, 0.15) is 11.5 Å². The minimum Gasteiger partial charge on any atom is -0.507 e. The number of aryl methyl sites for hydroxylation is 2. The Morgan fingerprint density at radius 1 is 1.00 bits per heavy atom. The number of Topliss-reactive ketones (excluding diaryl/α,β-unsaturated/α-hetero) is 1. The predicted molar refractivity (Wildman–Crippen MR) is 153 cm³/mol. The van der Waals surface area contributed by atoms with E-state index in [0.717, 1.165) is 36.3 Å². The molecule has 0 bridgehead atoms. The highest BCUT2D eigenvalue weighted by Crippen LogP contribution is 2.44. The molecule has 0 aliphatic carbocycles. The van der Waals surface area contributed by atoms with Crippen LogP contribution >= 0.6 is 11.6 Å². The van der Waals surface area contributed by atoms with Gasteiger partial charge in [0, 0.05) is 24.5 Å². The normalized spacial score (nSPS) is 16.7. The lowest BCUT2D eigenvalue weighted by Gasteiger charge is -2.27. The number of anilines is 2. The molecule has 38 heavy (non-hydrogen) atoms. The number of hydrogen-bond acceptors (Lipinski definition) is 5. The van der Waals surface area contributed by atoms with E-state index in [1.807, 2.05) is 55.5 Å². The van der Waals surface area contributed by atoms with Gasteiger partial charge in [-0.3, -0.25) is 14.5 Å². The van der Waals surface area contributed by atoms with Gasteiger partial charge < -0.3 is 14.7 Å². The zero-order chi connectivity index (χ0) is 27.6. The van der Waals surface area contributed by atoms with Gasteiger partial charge in [0.05, 0.1) is 29.3 Å². The molecule has 1 aliphatic heterocycles. The van der Waals surface area contributed by atoms with Crippen molar-refractivity contribution in [2.24, 2.45) is 0 Å². The number of ketones is 1. The number of hydrogen-bond donors (Lipinski definition) is 1. The van der Waals surface area contributed by atoms with Crippen LogP contribution in [0.2, 0.25) is 5.02 Å². The highest BCUT2D eigenvalue weighted by Gasteiger charge is 2.47. The average Bonchev–Trinajstić information content (AvgIpc) is 3.19. The number of benzene rings is 3. The van der Waals surface area contributed by atoms with E-state index in [-0.39, 0.29) is 22.6 Å². The maximum atomic E-state index is 13.6. The Bertz CT molecular complexity index is 1380. The summed E-state index contributed by atoms with van der Waals surface area (Å²) in [7, 11) is 1.45. The summed E-state index contributed by atoms with van der Waals surface area (Å²) in [5, 5.41) is 11.9. The van der Waals surface area contributed by atoms with Gasteiger partial charge in [-0.05, 0) is 80.3 Å². The quantitative estimate of drug-likeness (QED) is 0.199. The molecule has 1 fully saturated rings. The van der Waals surface area contributed by atoms with Gasteiger partial charge in [-0.25, -0.2) is 0 Å². The number of carbonyl (C=O) groups excluding carboxylic acids is 2. The van der Waals surface area contributed by atoms with Crippen LogP contribution in [0.3, 0.4) is 0 Å². The second-order valence-corrected chi connectivity index (χ2v) is 9.69. The fourth-order valence-corrected chi connectivity index (χ4v) is 5.37. The summed E-state index contributed by atoms with van der Waals surface area (Å²) in [5.74, 6) is -1.55. The molecular weight excluding hydrogens is 500 g/mol. The van der Waals surface area contributed by atoms with Crippen molar-refractivity contribution in [1.29, 1.82) is 0 Å². The van der Waals surface area contributed by atoms with Gasteiger partial charge in [-0.1, -0.05) is 42.8 Å². The van der Waals surface area contributed by atoms with Crippen molar-refractivity contribution >= 4 is 40.4 Å². The Hall–Kier alpha value is -3.77. The lowest BCUT2D eigenvalue weighted by Crippen LogP contribution is -2.29. The molecule has 1 saturated heterocycles. The van der Waals surface area contributed by atoms with Gasteiger partial charge in [-0.2, -0.15) is 0 Å². The maximum absolute atomic E-state index is 13.6. The first-order valence-electron chi connectivity index (χ1n) is 12.8. The van der Waals surface area contributed by atoms with E-state index in [9.17, 15) is 14.7 Å². The number of carbonyl (C=O) groups is 2. The van der Waals surface area contributed by atoms with Crippen LogP contribution < -0.4 is 14.5 Å². The lowest BCUT2D eigenvalue weighted by molar-refractivity contribution is -0.132. The highest BCUT2D eigenvalue weighted by molar-refractivity contribution is 6.51. The molecule has 6 nitrogen and oxygen atoms in total. The van der Waals surface area contributed by atoms with Gasteiger partial charge >= 0.3 is 0 Å². The molecule has 0 saturated carbocycles. The van der Waals surface area contributed by atoms with Crippen LogP contribution in [0.15, 0.2) is 66.2 Å². The Morgan fingerprint density at radius 3 is 2.18 bits per heavy atom. The second-order valence-electron chi connectivity index (χ2n) is 9.28. The fourth-order valence-electron chi connectivity index (χ4n) is 5.02. The first-order valence-corrected chi connectivity index (χ1v) is 13.2. The molecule has 0 spiro atoms. The highest BCUT2D eigenvalue weighted by atomic mass is 35.5. The zero-order valence-corrected chi connectivity index (χ0v) is 23.2. The van der Waals surface area contributed by atoms with Crippen LogP contribution in [0.4, 0.5) is 11.4 Å². The number of ether oxygens (including phenoxy) is 1. The molecule has 4 rings (SSSR count). The van der Waals surface area contributed by atoms with Crippen LogP contribution in [0, 0.1) is 6.92 Å². The minimum atomic E-state index is -0.836. The first-order chi connectivity index (χ1) is 18.2. The Labute approximate surface area is 229 Å². The lowest BCUT2D eigenvalue weighted by atomic mass is 9.94. The van der Waals surface area contributed by atoms with Crippen molar-refractivity contribution in [3.63, 3.8) is 0 Å². The fraction of sp³-hybridized carbons (Fsp3) is 0.290. The molecule has 1 amide bonds. The average molecular weight is 533 g/mol. The Kier molecular flexibility index (Phi) is 8.12. The van der Waals surface area contributed by atoms with Crippen molar-refractivity contribution in [3.05, 3.63) is 93.5 Å². The van der Waals surface area contributed by atoms with E-state index in [2.05, 4.69) is 25.7 Å². The Morgan fingerprint density at radius 2 is 1.63 bits per heavy atom. The molecule has 0 aromatic heterocycles. The van der Waals surface area contributed by atoms with Crippen LogP contribution in [0.25, 0.3) is 5.76 Å². The molecule has 198 valence electrons. The van der Waals surface area contributed by atoms with Crippen LogP contribution in [0.5, 0.6) is 5.75 Å². The van der Waals surface area contributed by atoms with Crippen molar-refractivity contribution in [3.8, 4) is 5.75 Å². The van der Waals surface area contributed by atoms with E-state index in [1.54, 1.807) is 12.1 Å². The van der Waals surface area contributed by atoms with E-state index in [1.165, 1.54) is 12.0 Å². The monoisotopic (exact) mass is 532 g/mol. The van der Waals surface area contributed by atoms with Crippen molar-refractivity contribution in [1.82, 2.24) is 0 Å². The van der Waals surface area contributed by atoms with E-state index in [0.29, 0.717) is 16.3 Å². The molecule has 1 atom stereocenters. The Balaban J connectivity index is 1.95. The molecule has 3 aromatic rings. The summed E-state index contributed by atoms with van der Waals surface area (Å²) in [5.41, 5.74) is 4.47. The van der Waals surface area contributed by atoms with Crippen LogP contribution in [-0.4, -0.2) is 37.0 Å². The molecular formula is C31H33ClN2O4. The maximum Gasteiger partial charge on any atom is 0.300 e. The van der Waals surface area contributed by atoms with E-state index < -0.39 is 17.7 Å². The van der Waals surface area contributed by atoms with Gasteiger partial charge in [0.15, 0.2) is 0 Å². The van der Waals surface area contributed by atoms with Crippen LogP contribution in [0.1, 0.15) is 49.1 Å². The third-order valence-corrected chi connectivity index (χ3v) is 7.33. The summed E-state index contributed by atoms with van der Waals surface area (Å²) in [6, 6.07) is 17.9.